The molecule has 102 valence electrons. The summed E-state index contributed by atoms with van der Waals surface area (Å²) in [5.41, 5.74) is 7.31. The SMILES string of the molecule is CSc1nnc(Sc2cc(C)c(F)cc2[C@@H](C)N)s1. The first kappa shape index (κ1) is 14.8. The maximum Gasteiger partial charge on any atom is 0.179 e. The smallest absolute Gasteiger partial charge is 0.179 e. The molecule has 7 heteroatoms. The zero-order valence-corrected chi connectivity index (χ0v) is 13.3. The van der Waals surface area contributed by atoms with Crippen molar-refractivity contribution >= 4 is 34.9 Å². The second-order valence-corrected chi connectivity index (χ2v) is 7.39. The van der Waals surface area contributed by atoms with Gasteiger partial charge >= 0.3 is 0 Å². The van der Waals surface area contributed by atoms with Crippen LogP contribution in [-0.4, -0.2) is 16.5 Å². The van der Waals surface area contributed by atoms with E-state index >= 15 is 0 Å². The summed E-state index contributed by atoms with van der Waals surface area (Å²) in [6, 6.07) is 3.11. The lowest BCUT2D eigenvalue weighted by molar-refractivity contribution is 0.610. The van der Waals surface area contributed by atoms with Crippen LogP contribution < -0.4 is 5.73 Å². The lowest BCUT2D eigenvalue weighted by Crippen LogP contribution is -2.07. The van der Waals surface area contributed by atoms with Crippen LogP contribution in [0.3, 0.4) is 0 Å². The summed E-state index contributed by atoms with van der Waals surface area (Å²) in [7, 11) is 0. The summed E-state index contributed by atoms with van der Waals surface area (Å²) in [5.74, 6) is -0.223. The number of halogens is 1. The number of hydrogen-bond acceptors (Lipinski definition) is 6. The molecule has 19 heavy (non-hydrogen) atoms. The van der Waals surface area contributed by atoms with E-state index in [1.54, 1.807) is 18.7 Å². The fourth-order valence-corrected chi connectivity index (χ4v) is 4.23. The molecule has 0 bridgehead atoms. The molecule has 1 heterocycles. The number of aromatic nitrogens is 2. The molecule has 0 saturated heterocycles. The van der Waals surface area contributed by atoms with Gasteiger partial charge in [-0.1, -0.05) is 34.9 Å². The Bertz CT molecular complexity index is 584. The molecular weight excluding hydrogens is 301 g/mol. The van der Waals surface area contributed by atoms with Crippen molar-refractivity contribution in [1.29, 1.82) is 0 Å². The summed E-state index contributed by atoms with van der Waals surface area (Å²) in [6.07, 6.45) is 1.96. The monoisotopic (exact) mass is 315 g/mol. The lowest BCUT2D eigenvalue weighted by atomic mass is 10.1. The Morgan fingerprint density at radius 2 is 2.00 bits per heavy atom. The third-order valence-electron chi connectivity index (χ3n) is 2.54. The van der Waals surface area contributed by atoms with Gasteiger partial charge in [-0.3, -0.25) is 0 Å². The number of nitrogens with zero attached hydrogens (tertiary/aromatic N) is 2. The molecule has 0 saturated carbocycles. The van der Waals surface area contributed by atoms with Crippen LogP contribution in [0.25, 0.3) is 0 Å². The van der Waals surface area contributed by atoms with Crippen LogP contribution in [0.15, 0.2) is 25.7 Å². The Morgan fingerprint density at radius 3 is 2.58 bits per heavy atom. The molecule has 0 fully saturated rings. The minimum absolute atomic E-state index is 0.217. The molecule has 3 nitrogen and oxygen atoms in total. The number of benzene rings is 1. The number of nitrogens with two attached hydrogens (primary N) is 1. The molecule has 0 unspecified atom stereocenters. The summed E-state index contributed by atoms with van der Waals surface area (Å²) < 4.78 is 15.4. The standard InChI is InChI=1S/C12H14FN3S3/c1-6-4-10(8(7(2)14)5-9(6)13)18-12-16-15-11(17-3)19-12/h4-5,7H,14H2,1-3H3/t7-/m1/s1. The van der Waals surface area contributed by atoms with Crippen LogP contribution in [0.5, 0.6) is 0 Å². The third kappa shape index (κ3) is 3.47. The molecule has 0 spiro atoms. The molecule has 0 aliphatic heterocycles. The van der Waals surface area contributed by atoms with Crippen LogP contribution in [0.1, 0.15) is 24.1 Å². The van der Waals surface area contributed by atoms with Crippen molar-refractivity contribution in [3.8, 4) is 0 Å². The Morgan fingerprint density at radius 1 is 1.32 bits per heavy atom. The molecule has 2 rings (SSSR count). The molecular formula is C12H14FN3S3. The Labute approximate surface area is 124 Å². The van der Waals surface area contributed by atoms with Gasteiger partial charge in [0.15, 0.2) is 8.68 Å². The fraction of sp³-hybridized carbons (Fsp3) is 0.333. The minimum atomic E-state index is -0.223. The van der Waals surface area contributed by atoms with Gasteiger partial charge < -0.3 is 5.73 Å². The zero-order chi connectivity index (χ0) is 14.0. The van der Waals surface area contributed by atoms with Crippen molar-refractivity contribution in [2.45, 2.75) is 33.5 Å². The van der Waals surface area contributed by atoms with Crippen molar-refractivity contribution in [3.63, 3.8) is 0 Å². The molecule has 2 N–H and O–H groups in total. The van der Waals surface area contributed by atoms with Crippen LogP contribution in [0, 0.1) is 12.7 Å². The maximum atomic E-state index is 13.6. The third-order valence-corrected chi connectivity index (χ3v) is 5.56. The van der Waals surface area contributed by atoms with E-state index in [-0.39, 0.29) is 11.9 Å². The first-order valence-corrected chi connectivity index (χ1v) is 8.48. The van der Waals surface area contributed by atoms with Crippen LogP contribution in [-0.2, 0) is 0 Å². The van der Waals surface area contributed by atoms with E-state index in [2.05, 4.69) is 10.2 Å². The second-order valence-electron chi connectivity index (χ2n) is 4.07. The molecule has 0 amide bonds. The Hall–Kier alpha value is -0.630. The van der Waals surface area contributed by atoms with E-state index in [0.717, 1.165) is 19.1 Å². The second kappa shape index (κ2) is 6.21. The van der Waals surface area contributed by atoms with E-state index in [4.69, 9.17) is 5.73 Å². The summed E-state index contributed by atoms with van der Waals surface area (Å²) >= 11 is 4.58. The van der Waals surface area contributed by atoms with Gasteiger partial charge in [-0.25, -0.2) is 4.39 Å². The molecule has 0 radical (unpaired) electrons. The largest absolute Gasteiger partial charge is 0.324 e. The first-order valence-electron chi connectivity index (χ1n) is 5.62. The number of rotatable bonds is 4. The fourth-order valence-electron chi connectivity index (χ4n) is 1.53. The summed E-state index contributed by atoms with van der Waals surface area (Å²) in [4.78, 5) is 0.942. The van der Waals surface area contributed by atoms with Crippen molar-refractivity contribution in [1.82, 2.24) is 10.2 Å². The highest BCUT2D eigenvalue weighted by Gasteiger charge is 2.14. The predicted molar refractivity (Wildman–Crippen MR) is 79.6 cm³/mol. The Kier molecular flexibility index (Phi) is 4.83. The van der Waals surface area contributed by atoms with E-state index < -0.39 is 0 Å². The zero-order valence-electron chi connectivity index (χ0n) is 10.8. The van der Waals surface area contributed by atoms with Crippen LogP contribution in [0.2, 0.25) is 0 Å². The quantitative estimate of drug-likeness (QED) is 0.868. The number of aryl methyl sites for hydroxylation is 1. The van der Waals surface area contributed by atoms with Crippen molar-refractivity contribution in [3.05, 3.63) is 29.1 Å². The summed E-state index contributed by atoms with van der Waals surface area (Å²) in [6.45, 7) is 3.60. The lowest BCUT2D eigenvalue weighted by Gasteiger charge is -2.12. The average molecular weight is 315 g/mol. The van der Waals surface area contributed by atoms with Crippen molar-refractivity contribution in [2.75, 3.05) is 6.26 Å². The van der Waals surface area contributed by atoms with Gasteiger partial charge in [-0.15, -0.1) is 10.2 Å². The first-order chi connectivity index (χ1) is 9.01. The van der Waals surface area contributed by atoms with E-state index in [9.17, 15) is 4.39 Å². The van der Waals surface area contributed by atoms with Crippen molar-refractivity contribution in [2.24, 2.45) is 5.73 Å². The van der Waals surface area contributed by atoms with Crippen LogP contribution >= 0.6 is 34.9 Å². The van der Waals surface area contributed by atoms with Crippen molar-refractivity contribution < 1.29 is 4.39 Å². The molecule has 1 aromatic heterocycles. The summed E-state index contributed by atoms with van der Waals surface area (Å²) in [5, 5.41) is 8.16. The molecule has 0 aliphatic carbocycles. The molecule has 1 atom stereocenters. The van der Waals surface area contributed by atoms with Gasteiger partial charge in [0.05, 0.1) is 0 Å². The van der Waals surface area contributed by atoms with Gasteiger partial charge in [-0.05, 0) is 43.4 Å². The van der Waals surface area contributed by atoms with E-state index in [1.807, 2.05) is 19.2 Å². The predicted octanol–water partition coefficient (Wildman–Crippen LogP) is 3.88. The van der Waals surface area contributed by atoms with Crippen LogP contribution in [0.4, 0.5) is 4.39 Å². The molecule has 1 aromatic carbocycles. The molecule has 0 aliphatic rings. The topological polar surface area (TPSA) is 51.8 Å². The van der Waals surface area contributed by atoms with Gasteiger partial charge in [0.2, 0.25) is 0 Å². The number of thioether (sulfide) groups is 1. The average Bonchev–Trinajstić information content (AvgIpc) is 2.81. The highest BCUT2D eigenvalue weighted by molar-refractivity contribution is 8.03. The van der Waals surface area contributed by atoms with Gasteiger partial charge in [0.25, 0.3) is 0 Å². The highest BCUT2D eigenvalue weighted by Crippen LogP contribution is 2.37. The minimum Gasteiger partial charge on any atom is -0.324 e. The van der Waals surface area contributed by atoms with Gasteiger partial charge in [0.1, 0.15) is 5.82 Å². The maximum absolute atomic E-state index is 13.6. The van der Waals surface area contributed by atoms with E-state index in [1.165, 1.54) is 29.2 Å². The highest BCUT2D eigenvalue weighted by atomic mass is 32.2. The van der Waals surface area contributed by atoms with E-state index in [0.29, 0.717) is 5.56 Å². The Balaban J connectivity index is 2.35. The number of hydrogen-bond donors (Lipinski definition) is 1. The van der Waals surface area contributed by atoms with Gasteiger partial charge in [-0.2, -0.15) is 0 Å². The van der Waals surface area contributed by atoms with Gasteiger partial charge in [0, 0.05) is 10.9 Å². The normalized spacial score (nSPS) is 12.7. The molecule has 2 aromatic rings.